The molecule has 188 valence electrons. The maximum atomic E-state index is 6.37. The Morgan fingerprint density at radius 2 is 0.974 bits per heavy atom. The Hall–Kier alpha value is -5.70. The molecule has 0 saturated carbocycles. The molecule has 0 aliphatic carbocycles. The molecule has 2 aliphatic rings. The molecule has 4 aromatic carbocycles. The smallest absolute Gasteiger partial charge is 0.182 e. The first kappa shape index (κ1) is 21.4. The van der Waals surface area contributed by atoms with Crippen LogP contribution in [0.3, 0.4) is 0 Å². The van der Waals surface area contributed by atoms with E-state index in [1.165, 1.54) is 12.8 Å². The summed E-state index contributed by atoms with van der Waals surface area (Å²) in [6, 6.07) is 26.9. The number of para-hydroxylation sites is 4. The first-order chi connectivity index (χ1) is 19.3. The van der Waals surface area contributed by atoms with Crippen molar-refractivity contribution in [2.75, 3.05) is 9.80 Å². The molecule has 0 amide bonds. The third-order valence-electron chi connectivity index (χ3n) is 6.53. The molecule has 0 saturated heterocycles. The van der Waals surface area contributed by atoms with Crippen molar-refractivity contribution < 1.29 is 23.0 Å². The number of nitrogens with zero attached hydrogens (tertiary/aromatic N) is 4. The molecule has 0 atom stereocenters. The molecule has 0 unspecified atom stereocenters. The average molecular weight is 514 g/mol. The van der Waals surface area contributed by atoms with E-state index in [2.05, 4.69) is 9.97 Å². The van der Waals surface area contributed by atoms with Crippen molar-refractivity contribution in [1.29, 1.82) is 0 Å². The zero-order chi connectivity index (χ0) is 25.8. The minimum atomic E-state index is 0.621. The molecule has 8 rings (SSSR count). The van der Waals surface area contributed by atoms with Crippen LogP contribution >= 0.6 is 0 Å². The zero-order valence-electron chi connectivity index (χ0n) is 20.2. The maximum Gasteiger partial charge on any atom is 0.182 e. The summed E-state index contributed by atoms with van der Waals surface area (Å²) in [6.45, 7) is 0. The highest BCUT2D eigenvalue weighted by Crippen LogP contribution is 2.53. The van der Waals surface area contributed by atoms with E-state index in [1.807, 2.05) is 94.7 Å². The second kappa shape index (κ2) is 8.42. The number of ether oxygens (including phenoxy) is 3. The number of hydrogen-bond donors (Lipinski definition) is 0. The summed E-state index contributed by atoms with van der Waals surface area (Å²) >= 11 is 0. The number of rotatable bonds is 4. The lowest BCUT2D eigenvalue weighted by atomic mass is 10.1. The second-order valence-corrected chi connectivity index (χ2v) is 8.86. The molecule has 0 spiro atoms. The van der Waals surface area contributed by atoms with E-state index in [9.17, 15) is 0 Å². The van der Waals surface area contributed by atoms with Gasteiger partial charge >= 0.3 is 0 Å². The standard InChI is InChI=1S/C30H18N4O5/c1-3-7-25-21(5-1)33(29-15-35-17-31-29)23-13-19(9-11-27(23)38-25)37-20-10-12-28-24(14-20)34(30-16-36-18-32-30)22-6-2-4-8-26(22)39-28/h1-18H. The van der Waals surface area contributed by atoms with Gasteiger partial charge < -0.3 is 23.0 Å². The number of aromatic nitrogens is 2. The molecule has 9 nitrogen and oxygen atoms in total. The summed E-state index contributed by atoms with van der Waals surface area (Å²) in [4.78, 5) is 12.7. The number of benzene rings is 4. The Balaban J connectivity index is 1.18. The molecule has 4 heterocycles. The second-order valence-electron chi connectivity index (χ2n) is 8.86. The Morgan fingerprint density at radius 1 is 0.513 bits per heavy atom. The average Bonchev–Trinajstić information content (AvgIpc) is 3.70. The van der Waals surface area contributed by atoms with E-state index in [0.717, 1.165) is 34.2 Å². The van der Waals surface area contributed by atoms with E-state index < -0.39 is 0 Å². The van der Waals surface area contributed by atoms with Crippen LogP contribution < -0.4 is 24.0 Å². The first-order valence-electron chi connectivity index (χ1n) is 12.2. The molecule has 2 aliphatic heterocycles. The SMILES string of the molecule is c1ccc2c(c1)Oc1ccc(Oc3ccc4c(c3)N(c3cocn3)c3ccccc3O4)cc1N2c1cocn1. The van der Waals surface area contributed by atoms with Crippen molar-refractivity contribution >= 4 is 34.4 Å². The molecular weight excluding hydrogens is 496 g/mol. The molecule has 39 heavy (non-hydrogen) atoms. The minimum Gasteiger partial charge on any atom is -0.457 e. The van der Waals surface area contributed by atoms with Gasteiger partial charge in [-0.2, -0.15) is 9.97 Å². The zero-order valence-corrected chi connectivity index (χ0v) is 20.2. The van der Waals surface area contributed by atoms with Gasteiger partial charge in [0, 0.05) is 12.1 Å². The van der Waals surface area contributed by atoms with Gasteiger partial charge in [-0.3, -0.25) is 9.80 Å². The third-order valence-corrected chi connectivity index (χ3v) is 6.53. The lowest BCUT2D eigenvalue weighted by Gasteiger charge is -2.31. The van der Waals surface area contributed by atoms with Gasteiger partial charge in [-0.15, -0.1) is 0 Å². The van der Waals surface area contributed by atoms with Crippen molar-refractivity contribution in [3.63, 3.8) is 0 Å². The van der Waals surface area contributed by atoms with E-state index in [1.54, 1.807) is 12.5 Å². The summed E-state index contributed by atoms with van der Waals surface area (Å²) in [5.41, 5.74) is 3.26. The minimum absolute atomic E-state index is 0.621. The Morgan fingerprint density at radius 3 is 1.44 bits per heavy atom. The third kappa shape index (κ3) is 3.48. The highest BCUT2D eigenvalue weighted by Gasteiger charge is 2.29. The van der Waals surface area contributed by atoms with Crippen LogP contribution in [-0.2, 0) is 0 Å². The predicted octanol–water partition coefficient (Wildman–Crippen LogP) is 8.61. The maximum absolute atomic E-state index is 6.37. The first-order valence-corrected chi connectivity index (χ1v) is 12.2. The van der Waals surface area contributed by atoms with Crippen LogP contribution in [0, 0.1) is 0 Å². The number of anilines is 6. The van der Waals surface area contributed by atoms with Gasteiger partial charge in [-0.05, 0) is 48.5 Å². The molecule has 6 aromatic rings. The van der Waals surface area contributed by atoms with Crippen molar-refractivity contribution in [2.45, 2.75) is 0 Å². The van der Waals surface area contributed by atoms with Gasteiger partial charge in [0.15, 0.2) is 47.4 Å². The van der Waals surface area contributed by atoms with Gasteiger partial charge in [0.05, 0.1) is 22.7 Å². The highest BCUT2D eigenvalue weighted by atomic mass is 16.5. The number of oxazole rings is 2. The van der Waals surface area contributed by atoms with Gasteiger partial charge in [0.25, 0.3) is 0 Å². The highest BCUT2D eigenvalue weighted by molar-refractivity contribution is 5.86. The Labute approximate surface area is 222 Å². The van der Waals surface area contributed by atoms with Gasteiger partial charge in [-0.25, -0.2) is 0 Å². The van der Waals surface area contributed by atoms with E-state index in [0.29, 0.717) is 34.6 Å². The van der Waals surface area contributed by atoms with Gasteiger partial charge in [-0.1, -0.05) is 24.3 Å². The number of fused-ring (bicyclic) bond motifs is 4. The normalized spacial score (nSPS) is 12.9. The van der Waals surface area contributed by atoms with Crippen molar-refractivity contribution in [1.82, 2.24) is 9.97 Å². The van der Waals surface area contributed by atoms with Crippen LogP contribution in [-0.4, -0.2) is 9.97 Å². The lowest BCUT2D eigenvalue weighted by Crippen LogP contribution is -2.16. The van der Waals surface area contributed by atoms with Gasteiger partial charge in [0.2, 0.25) is 0 Å². The summed E-state index contributed by atoms with van der Waals surface area (Å²) in [7, 11) is 0. The quantitative estimate of drug-likeness (QED) is 0.229. The van der Waals surface area contributed by atoms with E-state index in [4.69, 9.17) is 23.0 Å². The summed E-state index contributed by atoms with van der Waals surface area (Å²) in [6.07, 6.45) is 6.00. The van der Waals surface area contributed by atoms with Crippen LogP contribution in [0.5, 0.6) is 34.5 Å². The molecule has 0 bridgehead atoms. The van der Waals surface area contributed by atoms with Crippen LogP contribution in [0.25, 0.3) is 0 Å². The Bertz CT molecular complexity index is 1680. The monoisotopic (exact) mass is 514 g/mol. The predicted molar refractivity (Wildman–Crippen MR) is 143 cm³/mol. The largest absolute Gasteiger partial charge is 0.457 e. The fourth-order valence-corrected chi connectivity index (χ4v) is 4.86. The van der Waals surface area contributed by atoms with Crippen molar-refractivity contribution in [2.24, 2.45) is 0 Å². The topological polar surface area (TPSA) is 86.2 Å². The fourth-order valence-electron chi connectivity index (χ4n) is 4.86. The molecule has 0 fully saturated rings. The Kier molecular flexibility index (Phi) is 4.62. The summed E-state index contributed by atoms with van der Waals surface area (Å²) < 4.78 is 29.3. The number of hydrogen-bond acceptors (Lipinski definition) is 9. The van der Waals surface area contributed by atoms with Crippen LogP contribution in [0.4, 0.5) is 34.4 Å². The van der Waals surface area contributed by atoms with Crippen LogP contribution in [0.15, 0.2) is 119 Å². The summed E-state index contributed by atoms with van der Waals surface area (Å²) in [5.74, 6) is 5.32. The lowest BCUT2D eigenvalue weighted by molar-refractivity contribution is 0.460. The fraction of sp³-hybridized carbons (Fsp3) is 0. The molecule has 2 aromatic heterocycles. The van der Waals surface area contributed by atoms with Crippen LogP contribution in [0.2, 0.25) is 0 Å². The van der Waals surface area contributed by atoms with Gasteiger partial charge in [0.1, 0.15) is 24.0 Å². The van der Waals surface area contributed by atoms with Crippen LogP contribution in [0.1, 0.15) is 0 Å². The van der Waals surface area contributed by atoms with E-state index in [-0.39, 0.29) is 0 Å². The molecule has 0 radical (unpaired) electrons. The molecule has 9 heteroatoms. The molecular formula is C30H18N4O5. The summed E-state index contributed by atoms with van der Waals surface area (Å²) in [5, 5.41) is 0. The van der Waals surface area contributed by atoms with Crippen molar-refractivity contribution in [3.05, 3.63) is 110 Å². The van der Waals surface area contributed by atoms with Crippen molar-refractivity contribution in [3.8, 4) is 34.5 Å². The molecule has 0 N–H and O–H groups in total. The van der Waals surface area contributed by atoms with E-state index >= 15 is 0 Å².